The SMILES string of the molecule is CSCC[C@H](NC(=O)[C@@H]1CCCN1C(=O)[C@H](Cc1ccc(OC(=O)[C@H](Cc2cnc[nH]2)NC(=O)[C@@H](N)CO)cc1)NC(C)=O)C(=O)O. The molecule has 16 nitrogen and oxygen atoms in total. The van der Waals surface area contributed by atoms with Gasteiger partial charge < -0.3 is 46.5 Å². The summed E-state index contributed by atoms with van der Waals surface area (Å²) < 4.78 is 5.48. The van der Waals surface area contributed by atoms with Gasteiger partial charge in [-0.2, -0.15) is 11.8 Å². The van der Waals surface area contributed by atoms with Crippen LogP contribution in [0.4, 0.5) is 0 Å². The molecule has 0 saturated carbocycles. The zero-order chi connectivity index (χ0) is 34.5. The molecule has 1 aromatic heterocycles. The molecule has 1 fully saturated rings. The minimum absolute atomic E-state index is 0.0194. The van der Waals surface area contributed by atoms with E-state index >= 15 is 0 Å². The predicted octanol–water partition coefficient (Wildman–Crippen LogP) is -1.28. The quantitative estimate of drug-likeness (QED) is 0.0766. The third-order valence-electron chi connectivity index (χ3n) is 7.43. The lowest BCUT2D eigenvalue weighted by Crippen LogP contribution is -2.55. The van der Waals surface area contributed by atoms with Crippen molar-refractivity contribution >= 4 is 47.3 Å². The number of aromatic nitrogens is 2. The highest BCUT2D eigenvalue weighted by Gasteiger charge is 2.38. The van der Waals surface area contributed by atoms with Crippen molar-refractivity contribution in [3.63, 3.8) is 0 Å². The van der Waals surface area contributed by atoms with Gasteiger partial charge in [-0.15, -0.1) is 0 Å². The van der Waals surface area contributed by atoms with Crippen LogP contribution in [0.5, 0.6) is 5.75 Å². The Labute approximate surface area is 275 Å². The minimum Gasteiger partial charge on any atom is -0.480 e. The van der Waals surface area contributed by atoms with Crippen LogP contribution in [0.3, 0.4) is 0 Å². The average Bonchev–Trinajstić information content (AvgIpc) is 3.75. The molecule has 256 valence electrons. The van der Waals surface area contributed by atoms with Crippen molar-refractivity contribution in [1.29, 1.82) is 0 Å². The average molecular weight is 676 g/mol. The molecule has 17 heteroatoms. The number of benzene rings is 1. The summed E-state index contributed by atoms with van der Waals surface area (Å²) in [4.78, 5) is 83.8. The molecule has 1 saturated heterocycles. The first-order valence-electron chi connectivity index (χ1n) is 15.0. The number of nitrogens with one attached hydrogen (secondary N) is 4. The first-order valence-corrected chi connectivity index (χ1v) is 16.4. The van der Waals surface area contributed by atoms with Crippen molar-refractivity contribution in [2.45, 2.75) is 69.2 Å². The van der Waals surface area contributed by atoms with E-state index in [2.05, 4.69) is 25.9 Å². The van der Waals surface area contributed by atoms with E-state index in [1.165, 1.54) is 48.2 Å². The zero-order valence-corrected chi connectivity index (χ0v) is 27.0. The number of nitrogens with two attached hydrogens (primary N) is 1. The predicted molar refractivity (Wildman–Crippen MR) is 170 cm³/mol. The number of aromatic amines is 1. The Balaban J connectivity index is 1.69. The van der Waals surface area contributed by atoms with Crippen LogP contribution in [0.15, 0.2) is 36.8 Å². The van der Waals surface area contributed by atoms with Gasteiger partial charge in [0.25, 0.3) is 0 Å². The first-order chi connectivity index (χ1) is 22.4. The second-order valence-electron chi connectivity index (χ2n) is 11.0. The number of H-pyrrole nitrogens is 1. The van der Waals surface area contributed by atoms with Gasteiger partial charge in [0.15, 0.2) is 0 Å². The van der Waals surface area contributed by atoms with Crippen LogP contribution in [0, 0.1) is 0 Å². The molecule has 4 amide bonds. The number of esters is 1. The van der Waals surface area contributed by atoms with Crippen molar-refractivity contribution < 1.29 is 43.7 Å². The highest BCUT2D eigenvalue weighted by Crippen LogP contribution is 2.21. The third-order valence-corrected chi connectivity index (χ3v) is 8.08. The third kappa shape index (κ3) is 11.1. The number of likely N-dealkylation sites (tertiary alicyclic amines) is 1. The molecule has 47 heavy (non-hydrogen) atoms. The Bertz CT molecular complexity index is 1390. The number of thioether (sulfide) groups is 1. The molecule has 1 aromatic carbocycles. The molecule has 3 rings (SSSR count). The maximum absolute atomic E-state index is 13.6. The van der Waals surface area contributed by atoms with E-state index in [0.29, 0.717) is 29.9 Å². The van der Waals surface area contributed by atoms with E-state index in [1.807, 2.05) is 6.26 Å². The van der Waals surface area contributed by atoms with Crippen molar-refractivity contribution in [1.82, 2.24) is 30.8 Å². The molecule has 1 aliphatic heterocycles. The largest absolute Gasteiger partial charge is 0.480 e. The Morgan fingerprint density at radius 3 is 2.40 bits per heavy atom. The smallest absolute Gasteiger partial charge is 0.334 e. The number of hydrogen-bond donors (Lipinski definition) is 7. The summed E-state index contributed by atoms with van der Waals surface area (Å²) in [5.41, 5.74) is 6.73. The Morgan fingerprint density at radius 2 is 1.81 bits per heavy atom. The maximum atomic E-state index is 13.6. The fourth-order valence-electron chi connectivity index (χ4n) is 5.00. The number of carboxylic acid groups (broad SMARTS) is 1. The highest BCUT2D eigenvalue weighted by atomic mass is 32.2. The van der Waals surface area contributed by atoms with Crippen LogP contribution >= 0.6 is 11.8 Å². The second kappa shape index (κ2) is 18.0. The normalized spacial score (nSPS) is 16.8. The first kappa shape index (κ1) is 37.0. The molecular formula is C30H41N7O9S. The molecule has 2 aromatic rings. The number of carbonyl (C=O) groups excluding carboxylic acids is 5. The summed E-state index contributed by atoms with van der Waals surface area (Å²) in [5, 5.41) is 26.4. The zero-order valence-electron chi connectivity index (χ0n) is 26.1. The van der Waals surface area contributed by atoms with E-state index < -0.39 is 72.4 Å². The minimum atomic E-state index is -1.23. The van der Waals surface area contributed by atoms with E-state index in [0.717, 1.165) is 0 Å². The van der Waals surface area contributed by atoms with E-state index in [4.69, 9.17) is 10.5 Å². The van der Waals surface area contributed by atoms with Crippen LogP contribution in [0.2, 0.25) is 0 Å². The molecule has 1 aliphatic rings. The second-order valence-corrected chi connectivity index (χ2v) is 12.0. The molecule has 0 radical (unpaired) electrons. The molecular weight excluding hydrogens is 634 g/mol. The summed E-state index contributed by atoms with van der Waals surface area (Å²) >= 11 is 1.46. The number of nitrogens with zero attached hydrogens (tertiary/aromatic N) is 2. The van der Waals surface area contributed by atoms with E-state index in [-0.39, 0.29) is 31.6 Å². The number of aliphatic hydroxyl groups excluding tert-OH is 1. The van der Waals surface area contributed by atoms with Crippen LogP contribution in [0.25, 0.3) is 0 Å². The van der Waals surface area contributed by atoms with Crippen molar-refractivity contribution in [2.75, 3.05) is 25.2 Å². The van der Waals surface area contributed by atoms with Crippen molar-refractivity contribution in [2.24, 2.45) is 5.73 Å². The number of rotatable bonds is 17. The van der Waals surface area contributed by atoms with E-state index in [9.17, 15) is 39.0 Å². The van der Waals surface area contributed by atoms with Gasteiger partial charge >= 0.3 is 11.9 Å². The van der Waals surface area contributed by atoms with Crippen LogP contribution in [-0.2, 0) is 41.6 Å². The summed E-state index contributed by atoms with van der Waals surface area (Å²) in [5.74, 6) is -3.51. The Hall–Kier alpha value is -4.48. The fourth-order valence-corrected chi connectivity index (χ4v) is 5.47. The number of hydrogen-bond acceptors (Lipinski definition) is 11. The lowest BCUT2D eigenvalue weighted by Gasteiger charge is -2.29. The number of aliphatic hydroxyl groups is 1. The molecule has 0 bridgehead atoms. The van der Waals surface area contributed by atoms with Gasteiger partial charge in [-0.25, -0.2) is 14.6 Å². The number of carbonyl (C=O) groups is 6. The van der Waals surface area contributed by atoms with Crippen molar-refractivity contribution in [3.8, 4) is 5.75 Å². The summed E-state index contributed by atoms with van der Waals surface area (Å²) in [6, 6.07) is 0.823. The van der Waals surface area contributed by atoms with Gasteiger partial charge in [0.05, 0.1) is 12.9 Å². The number of ether oxygens (including phenoxy) is 1. The Kier molecular flexibility index (Phi) is 14.2. The van der Waals surface area contributed by atoms with Gasteiger partial charge in [0.1, 0.15) is 36.0 Å². The number of aliphatic carboxylic acids is 1. The molecule has 2 heterocycles. The highest BCUT2D eigenvalue weighted by molar-refractivity contribution is 7.98. The monoisotopic (exact) mass is 675 g/mol. The molecule has 0 unspecified atom stereocenters. The number of imidazole rings is 1. The van der Waals surface area contributed by atoms with Crippen LogP contribution in [0.1, 0.15) is 37.4 Å². The molecule has 0 aliphatic carbocycles. The van der Waals surface area contributed by atoms with Gasteiger partial charge in [-0.1, -0.05) is 12.1 Å². The lowest BCUT2D eigenvalue weighted by atomic mass is 10.0. The molecule has 5 atom stereocenters. The number of amides is 4. The summed E-state index contributed by atoms with van der Waals surface area (Å²) in [6.07, 6.45) is 5.93. The fraction of sp³-hybridized carbons (Fsp3) is 0.500. The molecule has 8 N–H and O–H groups in total. The van der Waals surface area contributed by atoms with Gasteiger partial charge in [-0.3, -0.25) is 19.2 Å². The Morgan fingerprint density at radius 1 is 1.09 bits per heavy atom. The van der Waals surface area contributed by atoms with Crippen LogP contribution in [-0.4, -0.2) is 116 Å². The van der Waals surface area contributed by atoms with Gasteiger partial charge in [0, 0.05) is 38.2 Å². The van der Waals surface area contributed by atoms with Crippen LogP contribution < -0.4 is 26.4 Å². The maximum Gasteiger partial charge on any atom is 0.334 e. The topological polar surface area (TPSA) is 246 Å². The van der Waals surface area contributed by atoms with Gasteiger partial charge in [0.2, 0.25) is 23.6 Å². The number of carboxylic acids is 1. The van der Waals surface area contributed by atoms with Gasteiger partial charge in [-0.05, 0) is 49.0 Å². The molecule has 0 spiro atoms. The van der Waals surface area contributed by atoms with E-state index in [1.54, 1.807) is 12.1 Å². The van der Waals surface area contributed by atoms with Crippen molar-refractivity contribution in [3.05, 3.63) is 48.0 Å². The summed E-state index contributed by atoms with van der Waals surface area (Å²) in [7, 11) is 0. The summed E-state index contributed by atoms with van der Waals surface area (Å²) in [6.45, 7) is 0.923. The lowest BCUT2D eigenvalue weighted by molar-refractivity contribution is -0.144. The standard InChI is InChI=1S/C30H41N7O9S/c1-17(39)34-23(28(42)37-10-3-4-25(37)27(41)35-22(29(43)44)9-11-47-2)12-18-5-7-20(8-6-18)46-30(45)24(13-19-14-32-16-33-19)36-26(40)21(31)15-38/h5-8,14,16,21-25,38H,3-4,9-13,15,31H2,1-2H3,(H,32,33)(H,34,39)(H,35,41)(H,36,40)(H,43,44)/t21-,22-,23-,24-,25-/m0/s1.